The van der Waals surface area contributed by atoms with Crippen LogP contribution in [0.2, 0.25) is 0 Å². The molecule has 0 aromatic heterocycles. The molecule has 0 amide bonds. The molecule has 0 radical (unpaired) electrons. The number of nitrogens with zero attached hydrogens (tertiary/aromatic N) is 1. The first-order chi connectivity index (χ1) is 10.2. The number of ether oxygens (including phenoxy) is 1. The Kier molecular flexibility index (Phi) is 5.80. The van der Waals surface area contributed by atoms with Crippen molar-refractivity contribution >= 4 is 5.78 Å². The van der Waals surface area contributed by atoms with Crippen LogP contribution in [-0.4, -0.2) is 36.9 Å². The van der Waals surface area contributed by atoms with E-state index in [4.69, 9.17) is 4.74 Å². The highest BCUT2D eigenvalue weighted by molar-refractivity contribution is 5.98. The van der Waals surface area contributed by atoms with Crippen LogP contribution in [0.25, 0.3) is 0 Å². The first kappa shape index (κ1) is 16.0. The van der Waals surface area contributed by atoms with Gasteiger partial charge in [-0.15, -0.1) is 0 Å². The average molecular weight is 289 g/mol. The second kappa shape index (κ2) is 7.60. The number of benzene rings is 1. The van der Waals surface area contributed by atoms with Crippen molar-refractivity contribution in [1.82, 2.24) is 4.90 Å². The summed E-state index contributed by atoms with van der Waals surface area (Å²) in [6.45, 7) is 6.61. The van der Waals surface area contributed by atoms with Gasteiger partial charge in [-0.3, -0.25) is 4.79 Å². The lowest BCUT2D eigenvalue weighted by Gasteiger charge is -2.36. The van der Waals surface area contributed by atoms with Crippen LogP contribution in [0.5, 0.6) is 5.75 Å². The van der Waals surface area contributed by atoms with Crippen LogP contribution >= 0.6 is 0 Å². The van der Waals surface area contributed by atoms with Gasteiger partial charge in [0, 0.05) is 17.5 Å². The van der Waals surface area contributed by atoms with Crippen LogP contribution in [0.3, 0.4) is 0 Å². The lowest BCUT2D eigenvalue weighted by molar-refractivity contribution is 0.0782. The maximum Gasteiger partial charge on any atom is 0.166 e. The molecule has 0 atom stereocenters. The van der Waals surface area contributed by atoms with Crippen molar-refractivity contribution in [3.8, 4) is 5.75 Å². The van der Waals surface area contributed by atoms with Crippen LogP contribution in [0.4, 0.5) is 0 Å². The van der Waals surface area contributed by atoms with E-state index in [1.165, 1.54) is 12.8 Å². The molecule has 1 heterocycles. The summed E-state index contributed by atoms with van der Waals surface area (Å²) in [6, 6.07) is 8.18. The molecule has 0 unspecified atom stereocenters. The van der Waals surface area contributed by atoms with Gasteiger partial charge in [0.05, 0.1) is 7.11 Å². The number of likely N-dealkylation sites (tertiary alicyclic amines) is 1. The number of methoxy groups -OCH3 is 1. The fraction of sp³-hybridized carbons (Fsp3) is 0.611. The Balaban J connectivity index is 1.93. The van der Waals surface area contributed by atoms with Gasteiger partial charge in [-0.2, -0.15) is 0 Å². The molecule has 0 bridgehead atoms. The number of rotatable bonds is 6. The minimum Gasteiger partial charge on any atom is -0.497 e. The van der Waals surface area contributed by atoms with Gasteiger partial charge in [0.15, 0.2) is 5.78 Å². The number of carbonyl (C=O) groups excluding carboxylic acids is 1. The molecule has 3 nitrogen and oxygen atoms in total. The molecular weight excluding hydrogens is 262 g/mol. The van der Waals surface area contributed by atoms with Gasteiger partial charge >= 0.3 is 0 Å². The fourth-order valence-electron chi connectivity index (χ4n) is 3.32. The number of hydrogen-bond acceptors (Lipinski definition) is 3. The zero-order valence-corrected chi connectivity index (χ0v) is 13.5. The molecule has 116 valence electrons. The van der Waals surface area contributed by atoms with Gasteiger partial charge in [0.1, 0.15) is 5.75 Å². The van der Waals surface area contributed by atoms with E-state index in [0.717, 1.165) is 37.2 Å². The van der Waals surface area contributed by atoms with E-state index in [0.29, 0.717) is 11.8 Å². The van der Waals surface area contributed by atoms with Gasteiger partial charge < -0.3 is 9.64 Å². The molecule has 0 saturated carbocycles. The standard InChI is InChI=1S/C18H27NO2/c1-4-16(5-2)19-12-10-15(11-13-19)18(20)14-6-8-17(21-3)9-7-14/h6-9,15-16H,4-5,10-13H2,1-3H3. The molecule has 1 saturated heterocycles. The minimum atomic E-state index is 0.184. The Morgan fingerprint density at radius 3 is 2.24 bits per heavy atom. The van der Waals surface area contributed by atoms with Crippen LogP contribution in [-0.2, 0) is 0 Å². The summed E-state index contributed by atoms with van der Waals surface area (Å²) in [7, 11) is 1.64. The van der Waals surface area contributed by atoms with E-state index < -0.39 is 0 Å². The normalized spacial score (nSPS) is 17.1. The SMILES string of the molecule is CCC(CC)N1CCC(C(=O)c2ccc(OC)cc2)CC1. The first-order valence-electron chi connectivity index (χ1n) is 8.11. The molecule has 1 fully saturated rings. The van der Waals surface area contributed by atoms with Gasteiger partial charge in [0.25, 0.3) is 0 Å². The Hall–Kier alpha value is -1.35. The van der Waals surface area contributed by atoms with Gasteiger partial charge in [-0.25, -0.2) is 0 Å². The van der Waals surface area contributed by atoms with Crippen LogP contribution in [0.15, 0.2) is 24.3 Å². The van der Waals surface area contributed by atoms with E-state index in [1.54, 1.807) is 7.11 Å². The van der Waals surface area contributed by atoms with Crippen molar-refractivity contribution in [3.63, 3.8) is 0 Å². The Labute approximate surface area is 128 Å². The lowest BCUT2D eigenvalue weighted by atomic mass is 9.88. The maximum absolute atomic E-state index is 12.6. The number of Topliss-reactive ketones (excluding diaryl/α,β-unsaturated/α-hetero) is 1. The highest BCUT2D eigenvalue weighted by Crippen LogP contribution is 2.25. The summed E-state index contributed by atoms with van der Waals surface area (Å²) in [5, 5.41) is 0. The highest BCUT2D eigenvalue weighted by atomic mass is 16.5. The molecule has 1 aliphatic rings. The fourth-order valence-corrected chi connectivity index (χ4v) is 3.32. The van der Waals surface area contributed by atoms with Crippen molar-refractivity contribution in [2.75, 3.05) is 20.2 Å². The van der Waals surface area contributed by atoms with E-state index >= 15 is 0 Å². The molecule has 21 heavy (non-hydrogen) atoms. The highest BCUT2D eigenvalue weighted by Gasteiger charge is 2.27. The summed E-state index contributed by atoms with van der Waals surface area (Å²) >= 11 is 0. The number of piperidine rings is 1. The van der Waals surface area contributed by atoms with Crippen molar-refractivity contribution in [1.29, 1.82) is 0 Å². The summed E-state index contributed by atoms with van der Waals surface area (Å²) in [5.41, 5.74) is 0.816. The van der Waals surface area contributed by atoms with Crippen molar-refractivity contribution in [3.05, 3.63) is 29.8 Å². The topological polar surface area (TPSA) is 29.5 Å². The molecule has 1 aliphatic heterocycles. The zero-order chi connectivity index (χ0) is 15.2. The first-order valence-corrected chi connectivity index (χ1v) is 8.11. The molecule has 1 aromatic carbocycles. The molecule has 0 aliphatic carbocycles. The molecule has 3 heteroatoms. The monoisotopic (exact) mass is 289 g/mol. The third kappa shape index (κ3) is 3.85. The van der Waals surface area contributed by atoms with Crippen LogP contribution < -0.4 is 4.74 Å². The Morgan fingerprint density at radius 2 is 1.76 bits per heavy atom. The van der Waals surface area contributed by atoms with E-state index in [-0.39, 0.29) is 5.92 Å². The molecule has 1 aromatic rings. The predicted molar refractivity (Wildman–Crippen MR) is 86.0 cm³/mol. The second-order valence-corrected chi connectivity index (χ2v) is 5.87. The molecule has 2 rings (SSSR count). The summed E-state index contributed by atoms with van der Waals surface area (Å²) in [5.74, 6) is 1.28. The van der Waals surface area contributed by atoms with Gasteiger partial charge in [0.2, 0.25) is 0 Å². The second-order valence-electron chi connectivity index (χ2n) is 5.87. The molecular formula is C18H27NO2. The van der Waals surface area contributed by atoms with Crippen LogP contribution in [0.1, 0.15) is 49.9 Å². The third-order valence-electron chi connectivity index (χ3n) is 4.73. The largest absolute Gasteiger partial charge is 0.497 e. The molecule has 0 N–H and O–H groups in total. The number of ketones is 1. The van der Waals surface area contributed by atoms with Crippen molar-refractivity contribution in [2.45, 2.75) is 45.6 Å². The molecule has 0 spiro atoms. The van der Waals surface area contributed by atoms with Gasteiger partial charge in [-0.05, 0) is 63.0 Å². The average Bonchev–Trinajstić information content (AvgIpc) is 2.56. The summed E-state index contributed by atoms with van der Waals surface area (Å²) in [4.78, 5) is 15.1. The smallest absolute Gasteiger partial charge is 0.166 e. The maximum atomic E-state index is 12.6. The zero-order valence-electron chi connectivity index (χ0n) is 13.5. The lowest BCUT2D eigenvalue weighted by Crippen LogP contribution is -2.42. The van der Waals surface area contributed by atoms with Gasteiger partial charge in [-0.1, -0.05) is 13.8 Å². The summed E-state index contributed by atoms with van der Waals surface area (Å²) in [6.07, 6.45) is 4.38. The summed E-state index contributed by atoms with van der Waals surface area (Å²) < 4.78 is 5.14. The predicted octanol–water partition coefficient (Wildman–Crippen LogP) is 3.78. The minimum absolute atomic E-state index is 0.184. The number of hydrogen-bond donors (Lipinski definition) is 0. The van der Waals surface area contributed by atoms with E-state index in [2.05, 4.69) is 18.7 Å². The third-order valence-corrected chi connectivity index (χ3v) is 4.73. The Morgan fingerprint density at radius 1 is 1.19 bits per heavy atom. The Bertz CT molecular complexity index is 443. The number of carbonyl (C=O) groups is 1. The quantitative estimate of drug-likeness (QED) is 0.746. The van der Waals surface area contributed by atoms with Crippen molar-refractivity contribution in [2.24, 2.45) is 5.92 Å². The van der Waals surface area contributed by atoms with E-state index in [1.807, 2.05) is 24.3 Å². The van der Waals surface area contributed by atoms with Crippen LogP contribution in [0, 0.1) is 5.92 Å². The van der Waals surface area contributed by atoms with E-state index in [9.17, 15) is 4.79 Å². The van der Waals surface area contributed by atoms with Crippen molar-refractivity contribution < 1.29 is 9.53 Å².